The van der Waals surface area contributed by atoms with E-state index in [4.69, 9.17) is 4.42 Å². The Hall–Kier alpha value is -5.47. The van der Waals surface area contributed by atoms with E-state index in [9.17, 15) is 37.0 Å². The Morgan fingerprint density at radius 3 is 1.39 bits per heavy atom. The average Bonchev–Trinajstić information content (AvgIpc) is 3.30. The Morgan fingerprint density at radius 1 is 0.613 bits per heavy atom. The molecule has 7 aromatic carbocycles. The van der Waals surface area contributed by atoms with Gasteiger partial charge in [-0.05, 0) is 23.8 Å². The van der Waals surface area contributed by atoms with E-state index in [1.165, 1.54) is 6.07 Å². The number of benzene rings is 7. The summed E-state index contributed by atoms with van der Waals surface area (Å²) in [5.41, 5.74) is -3.03. The van der Waals surface area contributed by atoms with Crippen molar-refractivity contribution >= 4 is 68.3 Å². The molecule has 0 bridgehead atoms. The van der Waals surface area contributed by atoms with Crippen LogP contribution in [0.5, 0.6) is 5.75 Å². The number of fused-ring (bicyclic) bond motifs is 3. The van der Waals surface area contributed by atoms with Crippen LogP contribution in [0.3, 0.4) is 0 Å². The third-order valence-corrected chi connectivity index (χ3v) is 16.0. The minimum atomic E-state index is -5.29. The number of hydrogen-bond acceptors (Lipinski definition) is 6. The van der Waals surface area contributed by atoms with Gasteiger partial charge in [0.05, 0.1) is 5.39 Å². The van der Waals surface area contributed by atoms with Crippen molar-refractivity contribution in [1.29, 1.82) is 0 Å². The number of carbonyl (C=O) groups is 1. The zero-order chi connectivity index (χ0) is 43.6. The Bertz CT molecular complexity index is 2830. The van der Waals surface area contributed by atoms with Gasteiger partial charge in [0.25, 0.3) is 5.78 Å². The summed E-state index contributed by atoms with van der Waals surface area (Å²) in [5, 5.41) is 16.0. The molecule has 1 heterocycles. The Kier molecular flexibility index (Phi) is 16.2. The maximum absolute atomic E-state index is 13.8. The van der Waals surface area contributed by atoms with Crippen LogP contribution in [0, 0.1) is 39.9 Å². The van der Waals surface area contributed by atoms with Gasteiger partial charge < -0.3 is 18.7 Å². The van der Waals surface area contributed by atoms with E-state index in [2.05, 4.69) is 6.58 Å². The maximum atomic E-state index is 13.8. The first kappa shape index (κ1) is 47.6. The minimum Gasteiger partial charge on any atom is -0.506 e. The number of rotatable bonds is 8. The van der Waals surface area contributed by atoms with Crippen molar-refractivity contribution in [2.75, 3.05) is 0 Å². The molecular formula is C50H39F3GdO6P2. The van der Waals surface area contributed by atoms with Gasteiger partial charge in [0, 0.05) is 71.8 Å². The second-order valence-corrected chi connectivity index (χ2v) is 18.9. The van der Waals surface area contributed by atoms with E-state index in [1.807, 2.05) is 165 Å². The van der Waals surface area contributed by atoms with E-state index in [1.54, 1.807) is 36.4 Å². The normalized spacial score (nSPS) is 11.6. The molecule has 0 aliphatic rings. The van der Waals surface area contributed by atoms with Crippen LogP contribution in [0.4, 0.5) is 13.2 Å². The molecule has 0 spiro atoms. The second-order valence-electron chi connectivity index (χ2n) is 13.4. The molecule has 0 fully saturated rings. The monoisotopic (exact) mass is 1010 g/mol. The third-order valence-electron chi connectivity index (χ3n) is 9.72. The largest absolute Gasteiger partial charge is 0.506 e. The van der Waals surface area contributed by atoms with E-state index in [0.717, 1.165) is 31.8 Å². The molecule has 0 unspecified atom stereocenters. The van der Waals surface area contributed by atoms with Crippen LogP contribution in [0.15, 0.2) is 221 Å². The zero-order valence-corrected chi connectivity index (χ0v) is 37.2. The number of aromatic hydroxyl groups is 1. The number of carbonyl (C=O) groups excluding carboxylic acids is 1. The first-order valence-electron chi connectivity index (χ1n) is 18.9. The molecule has 6 nitrogen and oxygen atoms in total. The number of allylic oxidation sites excluding steroid dienone is 3. The van der Waals surface area contributed by atoms with E-state index >= 15 is 0 Å². The second kappa shape index (κ2) is 21.1. The van der Waals surface area contributed by atoms with Crippen LogP contribution >= 0.6 is 14.3 Å². The predicted molar refractivity (Wildman–Crippen MR) is 242 cm³/mol. The molecule has 314 valence electrons. The third kappa shape index (κ3) is 10.1. The molecule has 62 heavy (non-hydrogen) atoms. The van der Waals surface area contributed by atoms with Crippen molar-refractivity contribution in [3.8, 4) is 5.75 Å². The van der Waals surface area contributed by atoms with Crippen molar-refractivity contribution in [2.24, 2.45) is 0 Å². The Morgan fingerprint density at radius 2 is 1.00 bits per heavy atom. The number of alkyl halides is 3. The molecular weight excluding hydrogens is 973 g/mol. The van der Waals surface area contributed by atoms with Crippen molar-refractivity contribution < 1.29 is 76.6 Å². The van der Waals surface area contributed by atoms with Crippen LogP contribution in [-0.4, -0.2) is 17.1 Å². The van der Waals surface area contributed by atoms with E-state index in [-0.39, 0.29) is 50.9 Å². The van der Waals surface area contributed by atoms with Crippen molar-refractivity contribution in [2.45, 2.75) is 13.1 Å². The Balaban J connectivity index is 0.000000175. The van der Waals surface area contributed by atoms with Crippen molar-refractivity contribution in [3.63, 3.8) is 0 Å². The van der Waals surface area contributed by atoms with E-state index < -0.39 is 43.2 Å². The summed E-state index contributed by atoms with van der Waals surface area (Å²) in [6, 6.07) is 57.8. The summed E-state index contributed by atoms with van der Waals surface area (Å²) in [4.78, 5) is 23.0. The number of ketones is 1. The van der Waals surface area contributed by atoms with Crippen LogP contribution in [0.1, 0.15) is 17.3 Å². The van der Waals surface area contributed by atoms with Gasteiger partial charge in [-0.15, -0.1) is 0 Å². The first-order chi connectivity index (χ1) is 29.3. The molecule has 12 heteroatoms. The number of hydrogen-bond donors (Lipinski definition) is 1. The van der Waals surface area contributed by atoms with Gasteiger partial charge >= 0.3 is 11.8 Å². The van der Waals surface area contributed by atoms with Crippen LogP contribution < -0.4 is 32.1 Å². The molecule has 0 atom stereocenters. The first-order valence-corrected chi connectivity index (χ1v) is 22.3. The summed E-state index contributed by atoms with van der Waals surface area (Å²) >= 11 is 0. The smallest absolute Gasteiger partial charge is 0.455 e. The minimum absolute atomic E-state index is 0. The van der Waals surface area contributed by atoms with Gasteiger partial charge in [0.15, 0.2) is 19.8 Å². The molecule has 1 N–H and O–H groups in total. The van der Waals surface area contributed by atoms with Crippen LogP contribution in [-0.2, 0) is 9.13 Å². The quantitative estimate of drug-likeness (QED) is 0.0535. The zero-order valence-electron chi connectivity index (χ0n) is 33.1. The molecule has 0 amide bonds. The summed E-state index contributed by atoms with van der Waals surface area (Å²) in [6.45, 7) is 5.71. The molecule has 0 aliphatic carbocycles. The fraction of sp³-hybridized carbons (Fsp3) is 0.0400. The summed E-state index contributed by atoms with van der Waals surface area (Å²) in [7, 11) is -5.57. The van der Waals surface area contributed by atoms with Gasteiger partial charge in [-0.1, -0.05) is 201 Å². The Labute approximate surface area is 388 Å². The van der Waals surface area contributed by atoms with Crippen LogP contribution in [0.25, 0.3) is 21.7 Å². The molecule has 0 saturated heterocycles. The average molecular weight is 1010 g/mol. The van der Waals surface area contributed by atoms with E-state index in [0.29, 0.717) is 10.8 Å². The molecule has 0 saturated carbocycles. The topological polar surface area (TPSA) is 102 Å². The van der Waals surface area contributed by atoms with Crippen molar-refractivity contribution in [3.05, 3.63) is 228 Å². The molecule has 8 rings (SSSR count). The summed E-state index contributed by atoms with van der Waals surface area (Å²) in [6.07, 6.45) is -1.71. The van der Waals surface area contributed by atoms with Crippen LogP contribution in [0.2, 0.25) is 0 Å². The summed E-state index contributed by atoms with van der Waals surface area (Å²) < 4.78 is 69.9. The fourth-order valence-electron chi connectivity index (χ4n) is 6.81. The maximum Gasteiger partial charge on any atom is 0.455 e. The van der Waals surface area contributed by atoms with Gasteiger partial charge in [-0.2, -0.15) is 13.2 Å². The van der Waals surface area contributed by atoms with Gasteiger partial charge in [-0.25, -0.2) is 4.79 Å². The molecule has 1 aromatic heterocycles. The fourth-order valence-corrected chi connectivity index (χ4v) is 12.2. The van der Waals surface area contributed by atoms with Gasteiger partial charge in [0.2, 0.25) is 0 Å². The standard InChI is InChI=1S/C18H15OP.C17H17OP.C15H7F3O4.Gd/c19-20(16-10-4-1-5-11-16,17-12-6-2-7-13-17)18-14-8-3-9-15-18;1-3-15(4-2)19(18,16-11-7-5-8-12-16)17-13-9-6-10-14-17;16-15(17,18)13(20)11-12(19)10-8-4-2-1-3-7(8)5-6-9(10)22-14(11)21;/h1-15H;3-14H,1H2,2H3;1-6,19H;/b;15-4+;;. The molecule has 8 aromatic rings. The van der Waals surface area contributed by atoms with Gasteiger partial charge in [-0.3, -0.25) is 4.79 Å². The molecule has 0 radical (unpaired) electrons. The van der Waals surface area contributed by atoms with Crippen molar-refractivity contribution in [1.82, 2.24) is 0 Å². The number of halogens is 3. The predicted octanol–water partition coefficient (Wildman–Crippen LogP) is 10.8. The van der Waals surface area contributed by atoms with Gasteiger partial charge in [0.1, 0.15) is 11.3 Å². The number of Topliss-reactive ketones (excluding diaryl/α,β-unsaturated/α-hetero) is 1. The molecule has 0 aliphatic heterocycles. The SMILES string of the molecule is C=C/C(=C\C)P(=O)(c1ccccc1)c1ccccc1.O=C(c1c(O)c2c(ccc3ccccc32)oc1=O)C(F)(F)F.O=P(c1ccccc1)(c1ccccc1)c1ccccc1.[Gd]. The summed E-state index contributed by atoms with van der Waals surface area (Å²) in [5.74, 6) is -3.46.